The topological polar surface area (TPSA) is 26.0 Å². The minimum Gasteiger partial charge on any atom is -0.456 e. The predicted octanol–water partition coefficient (Wildman–Crippen LogP) is 11.9. The summed E-state index contributed by atoms with van der Waals surface area (Å²) in [5, 5.41) is 4.06. The lowest BCUT2D eigenvalue weighted by Crippen LogP contribution is -2.09. The van der Waals surface area contributed by atoms with Gasteiger partial charge in [0.1, 0.15) is 11.2 Å². The van der Waals surface area contributed by atoms with Gasteiger partial charge in [-0.05, 0) is 82.1 Å². The number of rotatable bonds is 4. The third kappa shape index (κ3) is 4.70. The van der Waals surface area contributed by atoms with E-state index >= 15 is 0 Å². The van der Waals surface area contributed by atoms with Crippen molar-refractivity contribution in [1.82, 2.24) is 4.98 Å². The van der Waals surface area contributed by atoms with Crippen LogP contribution >= 0.6 is 11.3 Å². The molecule has 0 fully saturated rings. The van der Waals surface area contributed by atoms with Gasteiger partial charge in [-0.25, -0.2) is 0 Å². The molecule has 0 radical (unpaired) electrons. The highest BCUT2D eigenvalue weighted by atomic mass is 32.1. The number of hydrogen-bond acceptors (Lipinski definition) is 3. The highest BCUT2D eigenvalue weighted by Crippen LogP contribution is 2.41. The third-order valence-electron chi connectivity index (χ3n) is 7.95. The Morgan fingerprint density at radius 2 is 1.30 bits per heavy atom. The number of pyridine rings is 1. The van der Waals surface area contributed by atoms with Crippen LogP contribution in [0.5, 0.6) is 0 Å². The van der Waals surface area contributed by atoms with Gasteiger partial charge in [-0.15, -0.1) is 11.3 Å². The quantitative estimate of drug-likeness (QED) is 0.209. The predicted molar refractivity (Wildman–Crippen MR) is 184 cm³/mol. The zero-order valence-electron chi connectivity index (χ0n) is 26.3. The van der Waals surface area contributed by atoms with Crippen molar-refractivity contribution < 1.29 is 7.16 Å². The molecule has 0 unspecified atom stereocenters. The van der Waals surface area contributed by atoms with Gasteiger partial charge in [0.2, 0.25) is 0 Å². The summed E-state index contributed by atoms with van der Waals surface area (Å²) in [7, 11) is 0. The average molecular weight is 576 g/mol. The van der Waals surface area contributed by atoms with Crippen molar-refractivity contribution in [3.63, 3.8) is 0 Å². The summed E-state index contributed by atoms with van der Waals surface area (Å²) in [6.07, 6.45) is 0.330. The van der Waals surface area contributed by atoms with E-state index in [1.54, 1.807) is 11.3 Å². The number of fused-ring (bicyclic) bond motifs is 6. The third-order valence-corrected chi connectivity index (χ3v) is 9.08. The Morgan fingerprint density at radius 1 is 0.628 bits per heavy atom. The second kappa shape index (κ2) is 9.93. The maximum absolute atomic E-state index is 9.35. The maximum Gasteiger partial charge on any atom is 0.136 e. The van der Waals surface area contributed by atoms with Gasteiger partial charge in [-0.1, -0.05) is 93.6 Å². The van der Waals surface area contributed by atoms with E-state index in [2.05, 4.69) is 78.9 Å². The molecule has 5 aromatic carbocycles. The van der Waals surface area contributed by atoms with Gasteiger partial charge >= 0.3 is 0 Å². The first-order chi connectivity index (χ1) is 21.7. The van der Waals surface area contributed by atoms with Gasteiger partial charge in [-0.3, -0.25) is 4.98 Å². The Morgan fingerprint density at radius 3 is 2.02 bits per heavy atom. The molecule has 0 amide bonds. The minimum atomic E-state index is -1.63. The Labute approximate surface area is 258 Å². The molecule has 3 aromatic heterocycles. The molecule has 3 heterocycles. The van der Waals surface area contributed by atoms with Crippen molar-refractivity contribution in [3.8, 4) is 33.5 Å². The van der Waals surface area contributed by atoms with Crippen LogP contribution < -0.4 is 0 Å². The van der Waals surface area contributed by atoms with Gasteiger partial charge in [0.25, 0.3) is 0 Å². The molecular formula is C40H31NOS. The second-order valence-corrected chi connectivity index (χ2v) is 13.3. The zero-order chi connectivity index (χ0) is 30.9. The van der Waals surface area contributed by atoms with Crippen molar-refractivity contribution >= 4 is 53.4 Å². The fraction of sp³-hybridized carbons (Fsp3) is 0.125. The summed E-state index contributed by atoms with van der Waals surface area (Å²) in [4.78, 5) is 4.94. The Balaban J connectivity index is 1.31. The molecular weight excluding hydrogens is 543 g/mol. The van der Waals surface area contributed by atoms with Crippen LogP contribution in [0.15, 0.2) is 126 Å². The molecule has 0 atom stereocenters. The molecule has 8 rings (SSSR count). The summed E-state index contributed by atoms with van der Waals surface area (Å²) in [5.41, 5.74) is 7.60. The van der Waals surface area contributed by atoms with E-state index in [9.17, 15) is 2.74 Å². The van der Waals surface area contributed by atoms with Gasteiger partial charge < -0.3 is 4.42 Å². The number of aromatic nitrogens is 1. The number of nitrogens with zero attached hydrogens (tertiary/aromatic N) is 1. The number of thiophene rings is 1. The first kappa shape index (κ1) is 23.8. The standard InChI is InChI=1S/C40H31NOS/c1-40(2,3)23-30-18-29(21-36-39(30)31-16-14-28(20-35(31)42-36)26-12-8-5-9-13-26)34-22-38-33(24-41-34)32-19-27(15-17-37(32)43-38)25-10-6-4-7-11-25/h4-22,24H,23H2,1-3H3/i23D2. The summed E-state index contributed by atoms with van der Waals surface area (Å²) < 4.78 is 27.6. The van der Waals surface area contributed by atoms with Crippen LogP contribution in [0.1, 0.15) is 29.1 Å². The van der Waals surface area contributed by atoms with Crippen molar-refractivity contribution in [2.45, 2.75) is 27.1 Å². The van der Waals surface area contributed by atoms with E-state index in [1.807, 2.05) is 63.4 Å². The molecule has 43 heavy (non-hydrogen) atoms. The van der Waals surface area contributed by atoms with E-state index in [0.717, 1.165) is 48.8 Å². The molecule has 8 aromatic rings. The van der Waals surface area contributed by atoms with Gasteiger partial charge in [-0.2, -0.15) is 0 Å². The van der Waals surface area contributed by atoms with Gasteiger partial charge in [0.05, 0.1) is 5.69 Å². The lowest BCUT2D eigenvalue weighted by molar-refractivity contribution is 0.412. The molecule has 0 aliphatic carbocycles. The normalized spacial score (nSPS) is 13.2. The summed E-state index contributed by atoms with van der Waals surface area (Å²) >= 11 is 1.76. The van der Waals surface area contributed by atoms with Crippen LogP contribution in [-0.4, -0.2) is 4.98 Å². The van der Waals surface area contributed by atoms with Gasteiger partial charge in [0.15, 0.2) is 0 Å². The monoisotopic (exact) mass is 575 g/mol. The lowest BCUT2D eigenvalue weighted by Gasteiger charge is -2.19. The molecule has 3 heteroatoms. The summed E-state index contributed by atoms with van der Waals surface area (Å²) in [5.74, 6) is 0. The highest BCUT2D eigenvalue weighted by Gasteiger charge is 2.20. The number of furan rings is 1. The van der Waals surface area contributed by atoms with E-state index in [0.29, 0.717) is 11.1 Å². The molecule has 0 aliphatic rings. The lowest BCUT2D eigenvalue weighted by atomic mass is 9.85. The summed E-state index contributed by atoms with van der Waals surface area (Å²) in [6, 6.07) is 39.7. The molecule has 2 nitrogen and oxygen atoms in total. The molecule has 0 bridgehead atoms. The molecule has 208 valence electrons. The van der Waals surface area contributed by atoms with E-state index < -0.39 is 11.8 Å². The highest BCUT2D eigenvalue weighted by molar-refractivity contribution is 7.25. The van der Waals surface area contributed by atoms with Crippen molar-refractivity contribution in [1.29, 1.82) is 0 Å². The molecule has 0 saturated carbocycles. The zero-order valence-corrected chi connectivity index (χ0v) is 25.1. The number of benzene rings is 5. The van der Waals surface area contributed by atoms with Crippen LogP contribution in [-0.2, 0) is 6.37 Å². The minimum absolute atomic E-state index is 0.624. The van der Waals surface area contributed by atoms with E-state index in [4.69, 9.17) is 9.40 Å². The van der Waals surface area contributed by atoms with E-state index in [-0.39, 0.29) is 0 Å². The molecule has 0 N–H and O–H groups in total. The van der Waals surface area contributed by atoms with E-state index in [1.165, 1.54) is 21.2 Å². The molecule has 0 saturated heterocycles. The second-order valence-electron chi connectivity index (χ2n) is 12.2. The largest absolute Gasteiger partial charge is 0.456 e. The van der Waals surface area contributed by atoms with Crippen LogP contribution in [0.2, 0.25) is 0 Å². The van der Waals surface area contributed by atoms with Crippen molar-refractivity contribution in [2.75, 3.05) is 0 Å². The van der Waals surface area contributed by atoms with Crippen LogP contribution in [0.4, 0.5) is 0 Å². The SMILES string of the molecule is [2H]C([2H])(c1cc(-c2cc3sc4ccc(-c5ccccc5)cc4c3cn2)cc2oc3cc(-c4ccccc4)ccc3c12)C(C)(C)C. The smallest absolute Gasteiger partial charge is 0.136 e. The maximum atomic E-state index is 9.35. The fourth-order valence-corrected chi connectivity index (χ4v) is 7.10. The average Bonchev–Trinajstić information content (AvgIpc) is 3.61. The van der Waals surface area contributed by atoms with Crippen molar-refractivity contribution in [2.24, 2.45) is 5.41 Å². The van der Waals surface area contributed by atoms with Crippen LogP contribution in [0.25, 0.3) is 75.6 Å². The molecule has 0 spiro atoms. The Hall–Kier alpha value is -4.73. The fourth-order valence-electron chi connectivity index (χ4n) is 6.01. The Kier molecular flexibility index (Phi) is 5.49. The molecule has 0 aliphatic heterocycles. The van der Waals surface area contributed by atoms with Crippen molar-refractivity contribution in [3.05, 3.63) is 127 Å². The van der Waals surface area contributed by atoms with Crippen LogP contribution in [0, 0.1) is 5.41 Å². The Bertz CT molecular complexity index is 2380. The van der Waals surface area contributed by atoms with Gasteiger partial charge in [0, 0.05) is 45.4 Å². The number of hydrogen-bond donors (Lipinski definition) is 0. The first-order valence-electron chi connectivity index (χ1n) is 15.6. The summed E-state index contributed by atoms with van der Waals surface area (Å²) in [6.45, 7) is 5.85. The van der Waals surface area contributed by atoms with Crippen LogP contribution in [0.3, 0.4) is 0 Å². The first-order valence-corrected chi connectivity index (χ1v) is 15.4.